The molecule has 0 spiro atoms. The topological polar surface area (TPSA) is 88.1 Å². The maximum absolute atomic E-state index is 9.30. The predicted octanol–water partition coefficient (Wildman–Crippen LogP) is 1.68. The lowest BCUT2D eigenvalue weighted by Crippen LogP contribution is -2.17. The molecule has 0 aromatic carbocycles. The lowest BCUT2D eigenvalue weighted by molar-refractivity contribution is 0.310. The fraction of sp³-hybridized carbons (Fsp3) is 0.182. The third-order valence-electron chi connectivity index (χ3n) is 2.05. The first-order valence-electron chi connectivity index (χ1n) is 4.56. The van der Waals surface area contributed by atoms with E-state index in [2.05, 4.69) is 11.6 Å². The van der Waals surface area contributed by atoms with Gasteiger partial charge in [-0.25, -0.2) is 4.99 Å². The van der Waals surface area contributed by atoms with Crippen LogP contribution in [0.1, 0.15) is 6.92 Å². The van der Waals surface area contributed by atoms with Crippen molar-refractivity contribution >= 4 is 5.71 Å². The van der Waals surface area contributed by atoms with Gasteiger partial charge in [0.2, 0.25) is 5.88 Å². The van der Waals surface area contributed by atoms with Crippen LogP contribution < -0.4 is 5.73 Å². The van der Waals surface area contributed by atoms with Crippen molar-refractivity contribution in [3.8, 4) is 0 Å². The first-order valence-corrected chi connectivity index (χ1v) is 4.56. The summed E-state index contributed by atoms with van der Waals surface area (Å²) in [6, 6.07) is 0. The Morgan fingerprint density at radius 3 is 2.50 bits per heavy atom. The van der Waals surface area contributed by atoms with E-state index in [4.69, 9.17) is 15.6 Å². The van der Waals surface area contributed by atoms with Gasteiger partial charge < -0.3 is 20.7 Å². The van der Waals surface area contributed by atoms with Gasteiger partial charge in [-0.1, -0.05) is 6.08 Å². The molecule has 0 fully saturated rings. The van der Waals surface area contributed by atoms with E-state index in [-0.39, 0.29) is 17.2 Å². The Morgan fingerprint density at radius 1 is 1.44 bits per heavy atom. The van der Waals surface area contributed by atoms with E-state index < -0.39 is 5.88 Å². The molecule has 0 saturated carbocycles. The standard InChI is InChI=1S/C11H14N2O3/c1-6-4-5-8(11(12)15)9(10(6)16-3)13-7(2)14/h4-5,14-15H,2,12H2,1,3H3/b11-8+,13-9+. The van der Waals surface area contributed by atoms with Crippen molar-refractivity contribution in [3.63, 3.8) is 0 Å². The highest BCUT2D eigenvalue weighted by Crippen LogP contribution is 2.23. The van der Waals surface area contributed by atoms with Crippen molar-refractivity contribution < 1.29 is 14.9 Å². The van der Waals surface area contributed by atoms with Gasteiger partial charge in [-0.15, -0.1) is 0 Å². The summed E-state index contributed by atoms with van der Waals surface area (Å²) in [5, 5.41) is 18.4. The van der Waals surface area contributed by atoms with E-state index in [1.807, 2.05) is 6.92 Å². The van der Waals surface area contributed by atoms with Gasteiger partial charge in [-0.2, -0.15) is 0 Å². The molecule has 5 nitrogen and oxygen atoms in total. The molecule has 0 amide bonds. The van der Waals surface area contributed by atoms with Gasteiger partial charge in [0, 0.05) is 0 Å². The van der Waals surface area contributed by atoms with E-state index in [9.17, 15) is 5.11 Å². The number of allylic oxidation sites excluding steroid dienone is 4. The second-order valence-electron chi connectivity index (χ2n) is 3.23. The quantitative estimate of drug-likeness (QED) is 0.620. The van der Waals surface area contributed by atoms with Crippen LogP contribution in [0.25, 0.3) is 0 Å². The van der Waals surface area contributed by atoms with Crippen LogP contribution in [-0.2, 0) is 4.74 Å². The number of aliphatic hydroxyl groups is 2. The van der Waals surface area contributed by atoms with Crippen LogP contribution in [-0.4, -0.2) is 23.0 Å². The molecule has 0 unspecified atom stereocenters. The predicted molar refractivity (Wildman–Crippen MR) is 61.9 cm³/mol. The maximum atomic E-state index is 9.30. The Morgan fingerprint density at radius 2 is 2.06 bits per heavy atom. The molecular formula is C11H14N2O3. The molecule has 16 heavy (non-hydrogen) atoms. The zero-order valence-corrected chi connectivity index (χ0v) is 9.19. The third-order valence-corrected chi connectivity index (χ3v) is 2.05. The summed E-state index contributed by atoms with van der Waals surface area (Å²) in [6.07, 6.45) is 3.32. The Balaban J connectivity index is 3.40. The molecule has 0 radical (unpaired) electrons. The number of hydrogen-bond donors (Lipinski definition) is 3. The second kappa shape index (κ2) is 4.57. The Hall–Kier alpha value is -2.17. The lowest BCUT2D eigenvalue weighted by atomic mass is 9.99. The average Bonchev–Trinajstić information content (AvgIpc) is 2.16. The summed E-state index contributed by atoms with van der Waals surface area (Å²) in [5.41, 5.74) is 6.67. The monoisotopic (exact) mass is 222 g/mol. The highest BCUT2D eigenvalue weighted by atomic mass is 16.5. The largest absolute Gasteiger partial charge is 0.494 e. The van der Waals surface area contributed by atoms with Gasteiger partial charge in [0.15, 0.2) is 5.88 Å². The highest BCUT2D eigenvalue weighted by Gasteiger charge is 2.21. The molecule has 0 saturated heterocycles. The minimum atomic E-state index is -0.390. The molecule has 0 aliphatic heterocycles. The van der Waals surface area contributed by atoms with Crippen LogP contribution in [0.2, 0.25) is 0 Å². The highest BCUT2D eigenvalue weighted by molar-refractivity contribution is 6.15. The molecular weight excluding hydrogens is 208 g/mol. The molecule has 1 rings (SSSR count). The first-order chi connectivity index (χ1) is 7.47. The van der Waals surface area contributed by atoms with Gasteiger partial charge >= 0.3 is 0 Å². The number of nitrogens with two attached hydrogens (primary N) is 1. The van der Waals surface area contributed by atoms with Crippen molar-refractivity contribution in [1.29, 1.82) is 0 Å². The molecule has 0 heterocycles. The molecule has 5 heteroatoms. The number of methoxy groups -OCH3 is 1. The molecule has 4 N–H and O–H groups in total. The summed E-state index contributed by atoms with van der Waals surface area (Å²) in [7, 11) is 1.47. The van der Waals surface area contributed by atoms with E-state index in [1.54, 1.807) is 12.2 Å². The number of aliphatic hydroxyl groups excluding tert-OH is 2. The van der Waals surface area contributed by atoms with E-state index in [0.29, 0.717) is 5.76 Å². The normalized spacial score (nSPS) is 21.2. The molecule has 1 aliphatic carbocycles. The van der Waals surface area contributed by atoms with Crippen LogP contribution in [0.4, 0.5) is 0 Å². The van der Waals surface area contributed by atoms with Gasteiger partial charge in [0.25, 0.3) is 0 Å². The van der Waals surface area contributed by atoms with Crippen LogP contribution >= 0.6 is 0 Å². The minimum Gasteiger partial charge on any atom is -0.494 e. The Labute approximate surface area is 93.6 Å². The number of rotatable bonds is 2. The number of aliphatic imine (C=N–C) groups is 1. The van der Waals surface area contributed by atoms with E-state index >= 15 is 0 Å². The van der Waals surface area contributed by atoms with E-state index in [1.165, 1.54) is 7.11 Å². The molecule has 0 bridgehead atoms. The molecule has 0 atom stereocenters. The summed E-state index contributed by atoms with van der Waals surface area (Å²) in [6.45, 7) is 5.07. The van der Waals surface area contributed by atoms with Gasteiger partial charge in [-0.05, 0) is 25.2 Å². The minimum absolute atomic E-state index is 0.259. The van der Waals surface area contributed by atoms with Crippen LogP contribution in [0.5, 0.6) is 0 Å². The van der Waals surface area contributed by atoms with E-state index in [0.717, 1.165) is 5.57 Å². The summed E-state index contributed by atoms with van der Waals surface area (Å²) < 4.78 is 5.14. The Kier molecular flexibility index (Phi) is 3.40. The smallest absolute Gasteiger partial charge is 0.203 e. The van der Waals surface area contributed by atoms with Crippen molar-refractivity contribution in [2.45, 2.75) is 6.92 Å². The SMILES string of the molecule is C=C(O)/N=C1/C(OC)=C(C)C=C/C1=C(/N)O. The number of hydrogen-bond acceptors (Lipinski definition) is 5. The molecule has 86 valence electrons. The van der Waals surface area contributed by atoms with Crippen molar-refractivity contribution in [2.75, 3.05) is 7.11 Å². The number of ether oxygens (including phenoxy) is 1. The van der Waals surface area contributed by atoms with Gasteiger partial charge in [0.05, 0.1) is 12.7 Å². The number of nitrogens with zero attached hydrogens (tertiary/aromatic N) is 1. The first kappa shape index (κ1) is 11.9. The van der Waals surface area contributed by atoms with Crippen molar-refractivity contribution in [3.05, 3.63) is 47.4 Å². The second-order valence-corrected chi connectivity index (χ2v) is 3.23. The summed E-state index contributed by atoms with van der Waals surface area (Å²) in [5.74, 6) is -0.339. The Bertz CT molecular complexity index is 438. The van der Waals surface area contributed by atoms with Crippen molar-refractivity contribution in [1.82, 2.24) is 0 Å². The zero-order chi connectivity index (χ0) is 12.3. The van der Waals surface area contributed by atoms with Crippen molar-refractivity contribution in [2.24, 2.45) is 10.7 Å². The lowest BCUT2D eigenvalue weighted by Gasteiger charge is -2.17. The van der Waals surface area contributed by atoms with Crippen LogP contribution in [0, 0.1) is 0 Å². The zero-order valence-electron chi connectivity index (χ0n) is 9.19. The fourth-order valence-electron chi connectivity index (χ4n) is 1.38. The fourth-order valence-corrected chi connectivity index (χ4v) is 1.38. The molecule has 1 aliphatic rings. The molecule has 0 aromatic heterocycles. The molecule has 0 aromatic rings. The average molecular weight is 222 g/mol. The van der Waals surface area contributed by atoms with Gasteiger partial charge in [0.1, 0.15) is 11.5 Å². The maximum Gasteiger partial charge on any atom is 0.203 e. The van der Waals surface area contributed by atoms with Crippen LogP contribution in [0.3, 0.4) is 0 Å². The summed E-state index contributed by atoms with van der Waals surface area (Å²) >= 11 is 0. The van der Waals surface area contributed by atoms with Crippen LogP contribution in [0.15, 0.2) is 52.4 Å². The summed E-state index contributed by atoms with van der Waals surface area (Å²) in [4.78, 5) is 3.79. The third kappa shape index (κ3) is 2.25. The van der Waals surface area contributed by atoms with Gasteiger partial charge in [-0.3, -0.25) is 0 Å².